The van der Waals surface area contributed by atoms with Crippen LogP contribution in [0.15, 0.2) is 29.2 Å². The molecule has 3 N–H and O–H groups in total. The fourth-order valence-corrected chi connectivity index (χ4v) is 4.87. The van der Waals surface area contributed by atoms with E-state index in [2.05, 4.69) is 4.72 Å². The number of benzene rings is 1. The molecule has 0 spiro atoms. The number of nitrogens with one attached hydrogen (secondary N) is 1. The summed E-state index contributed by atoms with van der Waals surface area (Å²) in [6.07, 6.45) is 1.96. The monoisotopic (exact) mass is 320 g/mol. The fourth-order valence-electron chi connectivity index (χ4n) is 1.52. The first-order valence-corrected chi connectivity index (χ1v) is 9.93. The Morgan fingerprint density at radius 1 is 1.42 bits per heavy atom. The van der Waals surface area contributed by atoms with Crippen molar-refractivity contribution in [2.75, 3.05) is 29.2 Å². The van der Waals surface area contributed by atoms with Gasteiger partial charge >= 0.3 is 0 Å². The molecule has 0 aliphatic rings. The molecular weight excluding hydrogens is 300 g/mol. The summed E-state index contributed by atoms with van der Waals surface area (Å²) in [6.45, 7) is 1.87. The van der Waals surface area contributed by atoms with E-state index < -0.39 is 10.0 Å². The number of anilines is 1. The number of hydrogen-bond donors (Lipinski definition) is 2. The zero-order valence-corrected chi connectivity index (χ0v) is 13.6. The summed E-state index contributed by atoms with van der Waals surface area (Å²) in [6, 6.07) is 7.42. The molecule has 0 fully saturated rings. The maximum absolute atomic E-state index is 11.8. The van der Waals surface area contributed by atoms with Gasteiger partial charge in [0, 0.05) is 28.1 Å². The van der Waals surface area contributed by atoms with Crippen molar-refractivity contribution in [1.29, 1.82) is 0 Å². The SMILES string of the molecule is CSCC(C)NS(=O)(=O)CCSc1cccc(N)c1. The molecule has 1 rings (SSSR count). The average Bonchev–Trinajstić information content (AvgIpc) is 2.28. The van der Waals surface area contributed by atoms with Crippen LogP contribution in [-0.2, 0) is 10.0 Å². The predicted molar refractivity (Wildman–Crippen MR) is 86.3 cm³/mol. The van der Waals surface area contributed by atoms with Crippen LogP contribution >= 0.6 is 23.5 Å². The van der Waals surface area contributed by atoms with Crippen LogP contribution in [0.4, 0.5) is 5.69 Å². The molecule has 0 aliphatic carbocycles. The van der Waals surface area contributed by atoms with Gasteiger partial charge in [0.25, 0.3) is 0 Å². The van der Waals surface area contributed by atoms with Gasteiger partial charge in [-0.25, -0.2) is 13.1 Å². The highest BCUT2D eigenvalue weighted by Gasteiger charge is 2.13. The normalized spacial score (nSPS) is 13.4. The fraction of sp³-hybridized carbons (Fsp3) is 0.500. The molecular formula is C12H20N2O2S3. The molecule has 1 aromatic carbocycles. The largest absolute Gasteiger partial charge is 0.399 e. The Kier molecular flexibility index (Phi) is 7.06. The lowest BCUT2D eigenvalue weighted by atomic mass is 10.3. The lowest BCUT2D eigenvalue weighted by Crippen LogP contribution is -2.36. The summed E-state index contributed by atoms with van der Waals surface area (Å²) < 4.78 is 26.3. The summed E-state index contributed by atoms with van der Waals surface area (Å²) in [5.74, 6) is 1.41. The smallest absolute Gasteiger partial charge is 0.212 e. The number of hydrogen-bond acceptors (Lipinski definition) is 5. The Balaban J connectivity index is 2.39. The summed E-state index contributed by atoms with van der Waals surface area (Å²) >= 11 is 3.12. The molecule has 1 aromatic rings. The molecule has 0 aliphatic heterocycles. The second-order valence-electron chi connectivity index (χ2n) is 4.21. The standard InChI is InChI=1S/C12H20N2O2S3/c1-10(9-17-2)14-19(15,16)7-6-18-12-5-3-4-11(13)8-12/h3-5,8,10,14H,6-7,9,13H2,1-2H3. The highest BCUT2D eigenvalue weighted by Crippen LogP contribution is 2.20. The summed E-state index contributed by atoms with van der Waals surface area (Å²) in [5.41, 5.74) is 6.36. The Bertz CT molecular complexity index is 492. The average molecular weight is 321 g/mol. The molecule has 4 nitrogen and oxygen atoms in total. The molecule has 0 saturated heterocycles. The molecule has 7 heteroatoms. The third-order valence-electron chi connectivity index (χ3n) is 2.28. The van der Waals surface area contributed by atoms with Crippen molar-refractivity contribution in [3.63, 3.8) is 0 Å². The van der Waals surface area contributed by atoms with Crippen molar-refractivity contribution >= 4 is 39.2 Å². The van der Waals surface area contributed by atoms with Crippen molar-refractivity contribution in [3.05, 3.63) is 24.3 Å². The Morgan fingerprint density at radius 2 is 2.16 bits per heavy atom. The highest BCUT2D eigenvalue weighted by atomic mass is 32.2. The second kappa shape index (κ2) is 8.04. The molecule has 0 heterocycles. The van der Waals surface area contributed by atoms with Gasteiger partial charge in [0.05, 0.1) is 5.75 Å². The number of rotatable bonds is 8. The first-order valence-electron chi connectivity index (χ1n) is 5.90. The number of nitrogen functional groups attached to an aromatic ring is 1. The lowest BCUT2D eigenvalue weighted by Gasteiger charge is -2.12. The number of nitrogens with two attached hydrogens (primary N) is 1. The van der Waals surface area contributed by atoms with Crippen LogP contribution in [0.25, 0.3) is 0 Å². The minimum atomic E-state index is -3.20. The first-order chi connectivity index (χ1) is 8.93. The lowest BCUT2D eigenvalue weighted by molar-refractivity contribution is 0.572. The Labute approximate surface area is 124 Å². The van der Waals surface area contributed by atoms with E-state index in [-0.39, 0.29) is 11.8 Å². The van der Waals surface area contributed by atoms with E-state index >= 15 is 0 Å². The van der Waals surface area contributed by atoms with E-state index in [1.165, 1.54) is 11.8 Å². The summed E-state index contributed by atoms with van der Waals surface area (Å²) in [5, 5.41) is 0. The van der Waals surface area contributed by atoms with Gasteiger partial charge in [-0.1, -0.05) is 6.07 Å². The molecule has 1 unspecified atom stereocenters. The zero-order chi connectivity index (χ0) is 14.3. The van der Waals surface area contributed by atoms with Crippen LogP contribution in [0.1, 0.15) is 6.92 Å². The van der Waals surface area contributed by atoms with Crippen molar-refractivity contribution in [2.45, 2.75) is 17.9 Å². The van der Waals surface area contributed by atoms with Gasteiger partial charge in [-0.3, -0.25) is 0 Å². The van der Waals surface area contributed by atoms with E-state index in [9.17, 15) is 8.42 Å². The van der Waals surface area contributed by atoms with Gasteiger partial charge in [0.2, 0.25) is 10.0 Å². The molecule has 0 bridgehead atoms. The molecule has 0 amide bonds. The van der Waals surface area contributed by atoms with Crippen LogP contribution in [0.2, 0.25) is 0 Å². The maximum atomic E-state index is 11.8. The number of thioether (sulfide) groups is 2. The third kappa shape index (κ3) is 7.10. The maximum Gasteiger partial charge on any atom is 0.212 e. The van der Waals surface area contributed by atoms with Crippen LogP contribution in [0, 0.1) is 0 Å². The molecule has 1 atom stereocenters. The van der Waals surface area contributed by atoms with Gasteiger partial charge in [-0.2, -0.15) is 11.8 Å². The molecule has 108 valence electrons. The van der Waals surface area contributed by atoms with Crippen molar-refractivity contribution in [2.24, 2.45) is 0 Å². The first kappa shape index (κ1) is 16.7. The summed E-state index contributed by atoms with van der Waals surface area (Å²) in [4.78, 5) is 0.993. The summed E-state index contributed by atoms with van der Waals surface area (Å²) in [7, 11) is -3.20. The van der Waals surface area contributed by atoms with E-state index in [1.54, 1.807) is 11.8 Å². The minimum Gasteiger partial charge on any atom is -0.399 e. The van der Waals surface area contributed by atoms with Crippen LogP contribution in [0.5, 0.6) is 0 Å². The van der Waals surface area contributed by atoms with E-state index in [4.69, 9.17) is 5.73 Å². The van der Waals surface area contributed by atoms with Gasteiger partial charge in [-0.05, 0) is 31.4 Å². The predicted octanol–water partition coefficient (Wildman–Crippen LogP) is 2.03. The number of sulfonamides is 1. The molecule has 0 radical (unpaired) electrons. The van der Waals surface area contributed by atoms with Gasteiger partial charge in [0.1, 0.15) is 0 Å². The quantitative estimate of drug-likeness (QED) is 0.566. The van der Waals surface area contributed by atoms with Crippen LogP contribution in [0.3, 0.4) is 0 Å². The highest BCUT2D eigenvalue weighted by molar-refractivity contribution is 8.00. The minimum absolute atomic E-state index is 0.0302. The van der Waals surface area contributed by atoms with E-state index in [0.29, 0.717) is 11.4 Å². The van der Waals surface area contributed by atoms with Crippen molar-refractivity contribution in [3.8, 4) is 0 Å². The van der Waals surface area contributed by atoms with Gasteiger partial charge < -0.3 is 5.73 Å². The van der Waals surface area contributed by atoms with Crippen molar-refractivity contribution < 1.29 is 8.42 Å². The van der Waals surface area contributed by atoms with Crippen LogP contribution in [-0.4, -0.2) is 38.0 Å². The molecule has 0 aromatic heterocycles. The van der Waals surface area contributed by atoms with Crippen molar-refractivity contribution in [1.82, 2.24) is 4.72 Å². The Hall–Kier alpha value is -0.370. The third-order valence-corrected chi connectivity index (χ3v) is 5.87. The molecule has 19 heavy (non-hydrogen) atoms. The van der Waals surface area contributed by atoms with Gasteiger partial charge in [0.15, 0.2) is 0 Å². The molecule has 0 saturated carbocycles. The Morgan fingerprint density at radius 3 is 2.79 bits per heavy atom. The van der Waals surface area contributed by atoms with E-state index in [1.807, 2.05) is 37.4 Å². The van der Waals surface area contributed by atoms with Gasteiger partial charge in [-0.15, -0.1) is 11.8 Å². The zero-order valence-electron chi connectivity index (χ0n) is 11.1. The second-order valence-corrected chi connectivity index (χ2v) is 8.17. The van der Waals surface area contributed by atoms with E-state index in [0.717, 1.165) is 10.6 Å². The topological polar surface area (TPSA) is 72.2 Å². The van der Waals surface area contributed by atoms with Crippen LogP contribution < -0.4 is 10.5 Å².